The minimum Gasteiger partial charge on any atom is -0.295 e. The maximum atomic E-state index is 11.7. The summed E-state index contributed by atoms with van der Waals surface area (Å²) in [5, 5.41) is 2.86. The maximum absolute atomic E-state index is 11.7. The van der Waals surface area contributed by atoms with Crippen LogP contribution in [0.2, 0.25) is 5.02 Å². The lowest BCUT2D eigenvalue weighted by Crippen LogP contribution is -2.15. The summed E-state index contributed by atoms with van der Waals surface area (Å²) in [7, 11) is -4.33. The number of aromatic amines is 1. The summed E-state index contributed by atoms with van der Waals surface area (Å²) in [6.07, 6.45) is 0. The Morgan fingerprint density at radius 3 is 2.32 bits per heavy atom. The van der Waals surface area contributed by atoms with E-state index in [-0.39, 0.29) is 15.5 Å². The Balaban J connectivity index is 2.74. The topological polar surface area (TPSA) is 92.2 Å². The van der Waals surface area contributed by atoms with Crippen LogP contribution >= 0.6 is 11.6 Å². The molecule has 0 aliphatic carbocycles. The van der Waals surface area contributed by atoms with Gasteiger partial charge in [-0.3, -0.25) is 14.4 Å². The Hall–Kier alpha value is -1.57. The molecule has 0 bridgehead atoms. The van der Waals surface area contributed by atoms with E-state index in [1.807, 2.05) is 0 Å². The van der Waals surface area contributed by atoms with E-state index in [4.69, 9.17) is 16.2 Å². The zero-order chi connectivity index (χ0) is 14.4. The lowest BCUT2D eigenvalue weighted by atomic mass is 10.2. The second-order valence-corrected chi connectivity index (χ2v) is 5.99. The summed E-state index contributed by atoms with van der Waals surface area (Å²) in [4.78, 5) is 11.4. The minimum absolute atomic E-state index is 0.0524. The molecule has 0 fully saturated rings. The van der Waals surface area contributed by atoms with Gasteiger partial charge in [-0.25, -0.2) is 4.68 Å². The Morgan fingerprint density at radius 1 is 1.26 bits per heavy atom. The summed E-state index contributed by atoms with van der Waals surface area (Å²) in [5.41, 5.74) is 1.15. The number of hydrogen-bond acceptors (Lipinski definition) is 3. The summed E-state index contributed by atoms with van der Waals surface area (Å²) in [6, 6.07) is 3.74. The molecule has 0 amide bonds. The first-order valence-corrected chi connectivity index (χ1v) is 7.08. The van der Waals surface area contributed by atoms with Crippen LogP contribution in [0.5, 0.6) is 0 Å². The van der Waals surface area contributed by atoms with Crippen LogP contribution in [0.1, 0.15) is 11.3 Å². The van der Waals surface area contributed by atoms with Gasteiger partial charge in [-0.2, -0.15) is 8.42 Å². The first kappa shape index (κ1) is 13.9. The number of benzene rings is 1. The molecule has 19 heavy (non-hydrogen) atoms. The number of H-pyrrole nitrogens is 1. The molecule has 0 aliphatic heterocycles. The molecule has 2 aromatic rings. The molecule has 1 aromatic heterocycles. The fourth-order valence-electron chi connectivity index (χ4n) is 1.82. The highest BCUT2D eigenvalue weighted by atomic mass is 35.5. The predicted octanol–water partition coefficient (Wildman–Crippen LogP) is 1.68. The van der Waals surface area contributed by atoms with Crippen molar-refractivity contribution in [1.29, 1.82) is 0 Å². The monoisotopic (exact) mass is 302 g/mol. The van der Waals surface area contributed by atoms with Crippen molar-refractivity contribution < 1.29 is 13.0 Å². The molecule has 0 radical (unpaired) electrons. The second-order valence-electron chi connectivity index (χ2n) is 4.16. The van der Waals surface area contributed by atoms with Crippen molar-refractivity contribution in [2.45, 2.75) is 18.7 Å². The number of halogens is 1. The largest absolute Gasteiger partial charge is 0.295 e. The van der Waals surface area contributed by atoms with Crippen molar-refractivity contribution in [2.24, 2.45) is 0 Å². The molecular formula is C11H11ClN2O4S. The molecular weight excluding hydrogens is 292 g/mol. The van der Waals surface area contributed by atoms with Gasteiger partial charge in [0.2, 0.25) is 0 Å². The van der Waals surface area contributed by atoms with Crippen LogP contribution in [-0.4, -0.2) is 22.8 Å². The third-order valence-electron chi connectivity index (χ3n) is 2.60. The number of aryl methyl sites for hydroxylation is 2. The van der Waals surface area contributed by atoms with Gasteiger partial charge in [-0.05, 0) is 31.5 Å². The molecule has 2 N–H and O–H groups in total. The Labute approximate surface area is 114 Å². The van der Waals surface area contributed by atoms with Crippen molar-refractivity contribution in [2.75, 3.05) is 0 Å². The van der Waals surface area contributed by atoms with Crippen molar-refractivity contribution in [3.8, 4) is 5.69 Å². The van der Waals surface area contributed by atoms with Gasteiger partial charge in [0.05, 0.1) is 15.6 Å². The van der Waals surface area contributed by atoms with Crippen LogP contribution in [0.3, 0.4) is 0 Å². The van der Waals surface area contributed by atoms with Gasteiger partial charge in [0.15, 0.2) is 0 Å². The molecule has 2 rings (SSSR count). The molecule has 1 aromatic carbocycles. The van der Waals surface area contributed by atoms with Gasteiger partial charge < -0.3 is 0 Å². The smallest absolute Gasteiger partial charge is 0.294 e. The quantitative estimate of drug-likeness (QED) is 0.826. The molecule has 0 atom stereocenters. The van der Waals surface area contributed by atoms with Crippen molar-refractivity contribution >= 4 is 21.7 Å². The van der Waals surface area contributed by atoms with Crippen molar-refractivity contribution in [3.63, 3.8) is 0 Å². The molecule has 0 spiro atoms. The highest BCUT2D eigenvalue weighted by Gasteiger charge is 2.17. The fourth-order valence-corrected chi connectivity index (χ4v) is 2.82. The highest BCUT2D eigenvalue weighted by Crippen LogP contribution is 2.26. The lowest BCUT2D eigenvalue weighted by molar-refractivity contribution is 0.483. The second kappa shape index (κ2) is 4.52. The average molecular weight is 303 g/mol. The first-order chi connectivity index (χ1) is 8.70. The molecule has 6 nitrogen and oxygen atoms in total. The molecule has 0 saturated carbocycles. The number of nitrogens with one attached hydrogen (secondary N) is 1. The van der Waals surface area contributed by atoms with Gasteiger partial charge in [0.1, 0.15) is 0 Å². The lowest BCUT2D eigenvalue weighted by Gasteiger charge is -2.10. The van der Waals surface area contributed by atoms with Crippen LogP contribution in [0.15, 0.2) is 27.9 Å². The van der Waals surface area contributed by atoms with E-state index in [2.05, 4.69) is 5.10 Å². The number of hydrogen-bond donors (Lipinski definition) is 2. The van der Waals surface area contributed by atoms with Crippen molar-refractivity contribution in [1.82, 2.24) is 9.78 Å². The number of rotatable bonds is 2. The fraction of sp³-hybridized carbons (Fsp3) is 0.182. The van der Waals surface area contributed by atoms with Crippen LogP contribution in [0, 0.1) is 13.8 Å². The number of nitrogens with zero attached hydrogens (tertiary/aromatic N) is 1. The average Bonchev–Trinajstić information content (AvgIpc) is 2.55. The Bertz CT molecular complexity index is 781. The van der Waals surface area contributed by atoms with Gasteiger partial charge in [0, 0.05) is 11.8 Å². The van der Waals surface area contributed by atoms with Crippen molar-refractivity contribution in [3.05, 3.63) is 44.8 Å². The molecule has 0 saturated heterocycles. The van der Waals surface area contributed by atoms with Gasteiger partial charge in [0.25, 0.3) is 15.7 Å². The standard InChI is InChI=1S/C11H11ClN2O4S/c1-6-3-8(19(16,17)18)5-9(12)11(6)14-10(15)4-7(2)13-14/h3-5,13H,1-2H3,(H,16,17,18). The van der Waals surface area contributed by atoms with E-state index >= 15 is 0 Å². The highest BCUT2D eigenvalue weighted by molar-refractivity contribution is 7.85. The first-order valence-electron chi connectivity index (χ1n) is 5.27. The summed E-state index contributed by atoms with van der Waals surface area (Å²) in [6.45, 7) is 3.31. The van der Waals surface area contributed by atoms with Crippen LogP contribution in [-0.2, 0) is 10.1 Å². The van der Waals surface area contributed by atoms with Crippen LogP contribution in [0.4, 0.5) is 0 Å². The predicted molar refractivity (Wildman–Crippen MR) is 70.7 cm³/mol. The zero-order valence-electron chi connectivity index (χ0n) is 10.1. The normalized spacial score (nSPS) is 11.8. The van der Waals surface area contributed by atoms with Crippen LogP contribution < -0.4 is 5.56 Å². The summed E-state index contributed by atoms with van der Waals surface area (Å²) in [5.74, 6) is 0. The number of aromatic nitrogens is 2. The zero-order valence-corrected chi connectivity index (χ0v) is 11.7. The molecule has 0 aliphatic rings. The molecule has 102 valence electrons. The Kier molecular flexibility index (Phi) is 3.29. The molecule has 8 heteroatoms. The van der Waals surface area contributed by atoms with E-state index in [0.29, 0.717) is 16.9 Å². The SMILES string of the molecule is Cc1cc(=O)n(-c2c(C)cc(S(=O)(=O)O)cc2Cl)[nH]1. The van der Waals surface area contributed by atoms with Gasteiger partial charge in [-0.15, -0.1) is 0 Å². The van der Waals surface area contributed by atoms with E-state index in [1.54, 1.807) is 13.8 Å². The third-order valence-corrected chi connectivity index (χ3v) is 3.72. The summed E-state index contributed by atoms with van der Waals surface area (Å²) >= 11 is 6.00. The molecule has 1 heterocycles. The maximum Gasteiger partial charge on any atom is 0.294 e. The van der Waals surface area contributed by atoms with E-state index in [9.17, 15) is 13.2 Å². The van der Waals surface area contributed by atoms with E-state index < -0.39 is 10.1 Å². The van der Waals surface area contributed by atoms with E-state index in [0.717, 1.165) is 6.07 Å². The van der Waals surface area contributed by atoms with Crippen LogP contribution in [0.25, 0.3) is 5.69 Å². The van der Waals surface area contributed by atoms with Gasteiger partial charge >= 0.3 is 0 Å². The minimum atomic E-state index is -4.33. The Morgan fingerprint density at radius 2 is 1.89 bits per heavy atom. The summed E-state index contributed by atoms with van der Waals surface area (Å²) < 4.78 is 32.4. The third kappa shape index (κ3) is 2.58. The van der Waals surface area contributed by atoms with Gasteiger partial charge in [-0.1, -0.05) is 11.6 Å². The van der Waals surface area contributed by atoms with E-state index in [1.165, 1.54) is 16.8 Å². The molecule has 0 unspecified atom stereocenters.